The minimum atomic E-state index is -4.71. The van der Waals surface area contributed by atoms with Crippen molar-refractivity contribution >= 4 is 39.4 Å². The highest BCUT2D eigenvalue weighted by atomic mass is 35.5. The van der Waals surface area contributed by atoms with E-state index in [0.29, 0.717) is 34.6 Å². The summed E-state index contributed by atoms with van der Waals surface area (Å²) in [4.78, 5) is 43.8. The zero-order chi connectivity index (χ0) is 28.3. The molecule has 210 valence electrons. The first-order valence-corrected chi connectivity index (χ1v) is 13.8. The summed E-state index contributed by atoms with van der Waals surface area (Å²) in [5.41, 5.74) is 0. The van der Waals surface area contributed by atoms with E-state index in [9.17, 15) is 31.6 Å². The Hall–Kier alpha value is -3.33. The molecule has 2 amide bonds. The number of piperazine rings is 1. The van der Waals surface area contributed by atoms with Gasteiger partial charge in [-0.15, -0.1) is 0 Å². The van der Waals surface area contributed by atoms with Gasteiger partial charge in [-0.05, 0) is 55.7 Å². The van der Waals surface area contributed by atoms with Gasteiger partial charge in [-0.2, -0.15) is 10.2 Å². The molecule has 0 unspecified atom stereocenters. The van der Waals surface area contributed by atoms with Gasteiger partial charge in [0.2, 0.25) is 10.0 Å². The molecule has 2 aromatic carbocycles. The number of hydrogen-bond acceptors (Lipinski definition) is 8. The Morgan fingerprint density at radius 1 is 0.897 bits per heavy atom. The van der Waals surface area contributed by atoms with Gasteiger partial charge in [0.15, 0.2) is 17.4 Å². The summed E-state index contributed by atoms with van der Waals surface area (Å²) in [6, 6.07) is 5.04. The molecule has 2 aliphatic rings. The van der Waals surface area contributed by atoms with E-state index in [4.69, 9.17) is 22.2 Å². The average Bonchev–Trinajstić information content (AvgIpc) is 2.94. The fourth-order valence-electron chi connectivity index (χ4n) is 4.42. The van der Waals surface area contributed by atoms with E-state index < -0.39 is 69.2 Å². The summed E-state index contributed by atoms with van der Waals surface area (Å²) in [6.07, 6.45) is 2.45. The second-order valence-corrected chi connectivity index (χ2v) is 11.3. The van der Waals surface area contributed by atoms with Crippen LogP contribution in [0.4, 0.5) is 8.78 Å². The molecule has 0 spiro atoms. The minimum absolute atomic E-state index is 0.0541. The third kappa shape index (κ3) is 6.13. The van der Waals surface area contributed by atoms with E-state index in [-0.39, 0.29) is 12.3 Å². The van der Waals surface area contributed by atoms with E-state index in [1.807, 2.05) is 0 Å². The van der Waals surface area contributed by atoms with Gasteiger partial charge in [0, 0.05) is 37.7 Å². The number of hydrogen-bond donors (Lipinski definition) is 1. The molecule has 1 atom stereocenters. The van der Waals surface area contributed by atoms with Gasteiger partial charge < -0.3 is 19.4 Å². The van der Waals surface area contributed by atoms with Crippen LogP contribution in [0, 0.1) is 11.6 Å². The Morgan fingerprint density at radius 2 is 1.49 bits per heavy atom. The summed E-state index contributed by atoms with van der Waals surface area (Å²) < 4.78 is 62.3. The van der Waals surface area contributed by atoms with Crippen molar-refractivity contribution in [2.75, 3.05) is 32.7 Å². The maximum absolute atomic E-state index is 14.8. The van der Waals surface area contributed by atoms with Crippen molar-refractivity contribution in [3.63, 3.8) is 0 Å². The normalized spacial score (nSPS) is 18.5. The third-order valence-electron chi connectivity index (χ3n) is 6.44. The van der Waals surface area contributed by atoms with Gasteiger partial charge in [-0.25, -0.2) is 22.0 Å². The van der Waals surface area contributed by atoms with Crippen molar-refractivity contribution in [1.82, 2.24) is 14.1 Å². The molecule has 2 aromatic rings. The van der Waals surface area contributed by atoms with Crippen LogP contribution in [0.1, 0.15) is 19.3 Å². The Kier molecular flexibility index (Phi) is 8.69. The van der Waals surface area contributed by atoms with Crippen LogP contribution in [0.15, 0.2) is 41.3 Å². The molecule has 2 fully saturated rings. The molecule has 0 bridgehead atoms. The van der Waals surface area contributed by atoms with Crippen molar-refractivity contribution in [2.24, 2.45) is 5.90 Å². The van der Waals surface area contributed by atoms with E-state index in [2.05, 4.69) is 4.84 Å². The maximum Gasteiger partial charge on any atom is 0.344 e. The number of rotatable bonds is 5. The lowest BCUT2D eigenvalue weighted by Crippen LogP contribution is -2.61. The molecule has 2 aliphatic heterocycles. The third-order valence-corrected chi connectivity index (χ3v) is 8.58. The summed E-state index contributed by atoms with van der Waals surface area (Å²) in [5.74, 6) is -1.30. The van der Waals surface area contributed by atoms with E-state index >= 15 is 0 Å². The van der Waals surface area contributed by atoms with E-state index in [1.54, 1.807) is 0 Å². The SMILES string of the molecule is NOC(=O)[C@H]1CN(C(=O)C(=O)N2CCCCC2)CCN1S(=O)(=O)c1cc(F)c(Oc2ccc(Cl)cc2)c(F)c1. The number of nitrogens with zero attached hydrogens (tertiary/aromatic N) is 3. The fraction of sp³-hybridized carbons (Fsp3) is 0.375. The highest BCUT2D eigenvalue weighted by Gasteiger charge is 2.44. The summed E-state index contributed by atoms with van der Waals surface area (Å²) in [5, 5.41) is 0.368. The number of ether oxygens (including phenoxy) is 1. The van der Waals surface area contributed by atoms with Crippen LogP contribution in [0.25, 0.3) is 0 Å². The van der Waals surface area contributed by atoms with Crippen LogP contribution in [0.5, 0.6) is 11.5 Å². The number of likely N-dealkylation sites (tertiary alicyclic amines) is 1. The lowest BCUT2D eigenvalue weighted by molar-refractivity contribution is -0.157. The highest BCUT2D eigenvalue weighted by molar-refractivity contribution is 7.89. The number of nitrogens with two attached hydrogens (primary N) is 1. The van der Waals surface area contributed by atoms with Crippen LogP contribution >= 0.6 is 11.6 Å². The second kappa shape index (κ2) is 11.8. The molecule has 2 saturated heterocycles. The molecule has 2 N–H and O–H groups in total. The predicted octanol–water partition coefficient (Wildman–Crippen LogP) is 2.04. The van der Waals surface area contributed by atoms with Crippen molar-refractivity contribution < 1.29 is 41.2 Å². The van der Waals surface area contributed by atoms with Gasteiger partial charge in [0.1, 0.15) is 11.8 Å². The number of halogens is 3. The predicted molar refractivity (Wildman–Crippen MR) is 133 cm³/mol. The zero-order valence-corrected chi connectivity index (χ0v) is 22.1. The number of sulfonamides is 1. The molecule has 0 radical (unpaired) electrons. The van der Waals surface area contributed by atoms with Gasteiger partial charge in [-0.1, -0.05) is 11.6 Å². The molecule has 39 heavy (non-hydrogen) atoms. The molecule has 0 aliphatic carbocycles. The van der Waals surface area contributed by atoms with Crippen molar-refractivity contribution in [2.45, 2.75) is 30.2 Å². The Labute approximate surface area is 228 Å². The molecule has 0 saturated carbocycles. The Balaban J connectivity index is 1.56. The minimum Gasteiger partial charge on any atom is -0.451 e. The van der Waals surface area contributed by atoms with E-state index in [0.717, 1.165) is 24.2 Å². The molecule has 15 heteroatoms. The smallest absolute Gasteiger partial charge is 0.344 e. The monoisotopic (exact) mass is 586 g/mol. The van der Waals surface area contributed by atoms with Gasteiger partial charge in [-0.3, -0.25) is 9.59 Å². The van der Waals surface area contributed by atoms with Crippen molar-refractivity contribution in [3.8, 4) is 11.5 Å². The molecule has 4 rings (SSSR count). The standard InChI is InChI=1S/C24H25ClF2N4O7S/c25-15-4-6-16(7-5-15)37-21-18(26)12-17(13-19(21)27)39(35,36)31-11-10-30(14-20(31)24(34)38-28)23(33)22(32)29-8-2-1-3-9-29/h4-7,12-13,20H,1-3,8-11,14,28H2/t20-/m1/s1. The Morgan fingerprint density at radius 3 is 2.08 bits per heavy atom. The summed E-state index contributed by atoms with van der Waals surface area (Å²) in [7, 11) is -4.71. The first kappa shape index (κ1) is 28.7. The van der Waals surface area contributed by atoms with Crippen LogP contribution in [-0.4, -0.2) is 79.1 Å². The largest absolute Gasteiger partial charge is 0.451 e. The average molecular weight is 587 g/mol. The number of carbonyl (C=O) groups is 3. The van der Waals surface area contributed by atoms with E-state index in [1.165, 1.54) is 29.2 Å². The van der Waals surface area contributed by atoms with Gasteiger partial charge in [0.05, 0.1) is 4.90 Å². The molecule has 11 nitrogen and oxygen atoms in total. The first-order chi connectivity index (χ1) is 18.5. The highest BCUT2D eigenvalue weighted by Crippen LogP contribution is 2.32. The molecular weight excluding hydrogens is 562 g/mol. The van der Waals surface area contributed by atoms with Crippen LogP contribution in [0.2, 0.25) is 5.02 Å². The summed E-state index contributed by atoms with van der Waals surface area (Å²) in [6.45, 7) is -0.428. The quantitative estimate of drug-likeness (QED) is 0.415. The molecule has 2 heterocycles. The van der Waals surface area contributed by atoms with Gasteiger partial charge in [0.25, 0.3) is 0 Å². The molecular formula is C24H25ClF2N4O7S. The topological polar surface area (TPSA) is 140 Å². The van der Waals surface area contributed by atoms with Crippen LogP contribution in [0.3, 0.4) is 0 Å². The number of carbonyl (C=O) groups excluding carboxylic acids is 3. The maximum atomic E-state index is 14.8. The first-order valence-electron chi connectivity index (χ1n) is 12.0. The fourth-order valence-corrected chi connectivity index (χ4v) is 6.13. The summed E-state index contributed by atoms with van der Waals surface area (Å²) >= 11 is 5.79. The van der Waals surface area contributed by atoms with Gasteiger partial charge >= 0.3 is 17.8 Å². The zero-order valence-electron chi connectivity index (χ0n) is 20.5. The second-order valence-electron chi connectivity index (χ2n) is 8.94. The number of benzene rings is 2. The lowest BCUT2D eigenvalue weighted by Gasteiger charge is -2.39. The Bertz CT molecular complexity index is 1350. The van der Waals surface area contributed by atoms with Crippen LogP contribution in [-0.2, 0) is 29.2 Å². The lowest BCUT2D eigenvalue weighted by atomic mass is 10.1. The van der Waals surface area contributed by atoms with Crippen molar-refractivity contribution in [3.05, 3.63) is 53.1 Å². The van der Waals surface area contributed by atoms with Crippen molar-refractivity contribution in [1.29, 1.82) is 0 Å². The number of piperidine rings is 1. The molecule has 0 aromatic heterocycles. The number of amides is 2. The van der Waals surface area contributed by atoms with Crippen LogP contribution < -0.4 is 10.6 Å².